The van der Waals surface area contributed by atoms with Gasteiger partial charge in [-0.2, -0.15) is 5.10 Å². The molecule has 0 aliphatic carbocycles. The summed E-state index contributed by atoms with van der Waals surface area (Å²) in [7, 11) is 2.10. The minimum absolute atomic E-state index is 0.0605. The van der Waals surface area contributed by atoms with Gasteiger partial charge in [0.25, 0.3) is 5.91 Å². The van der Waals surface area contributed by atoms with Crippen LogP contribution in [-0.4, -0.2) is 58.8 Å². The maximum Gasteiger partial charge on any atom is 0.269 e. The van der Waals surface area contributed by atoms with Gasteiger partial charge in [0.2, 0.25) is 0 Å². The van der Waals surface area contributed by atoms with Gasteiger partial charge >= 0.3 is 0 Å². The van der Waals surface area contributed by atoms with Gasteiger partial charge < -0.3 is 4.90 Å². The van der Waals surface area contributed by atoms with Crippen molar-refractivity contribution in [1.82, 2.24) is 25.1 Å². The zero-order valence-electron chi connectivity index (χ0n) is 15.5. The smallest absolute Gasteiger partial charge is 0.269 e. The Labute approximate surface area is 149 Å². The molecule has 0 radical (unpaired) electrons. The van der Waals surface area contributed by atoms with Gasteiger partial charge in [0.1, 0.15) is 0 Å². The fraction of sp³-hybridized carbons (Fsp3) is 0.474. The van der Waals surface area contributed by atoms with Crippen LogP contribution in [0.2, 0.25) is 0 Å². The monoisotopic (exact) mass is 341 g/mol. The first-order valence-corrected chi connectivity index (χ1v) is 8.78. The first kappa shape index (κ1) is 17.6. The minimum Gasteiger partial charge on any atom is -0.304 e. The van der Waals surface area contributed by atoms with Crippen LogP contribution in [-0.2, 0) is 6.54 Å². The molecule has 1 amide bonds. The average molecular weight is 341 g/mol. The fourth-order valence-electron chi connectivity index (χ4n) is 3.16. The first-order valence-electron chi connectivity index (χ1n) is 8.78. The van der Waals surface area contributed by atoms with Gasteiger partial charge in [-0.25, -0.2) is 5.01 Å². The lowest BCUT2D eigenvalue weighted by Crippen LogP contribution is -2.52. The number of hydrogen-bond acceptors (Lipinski definition) is 4. The number of nitrogens with one attached hydrogen (secondary N) is 1. The normalized spacial score (nSPS) is 16.2. The predicted octanol–water partition coefficient (Wildman–Crippen LogP) is 1.75. The van der Waals surface area contributed by atoms with Crippen LogP contribution in [0, 0.1) is 20.8 Å². The van der Waals surface area contributed by atoms with Gasteiger partial charge in [-0.1, -0.05) is 29.8 Å². The highest BCUT2D eigenvalue weighted by atomic mass is 16.2. The zero-order valence-corrected chi connectivity index (χ0v) is 15.5. The van der Waals surface area contributed by atoms with E-state index in [1.54, 1.807) is 0 Å². The number of carbonyl (C=O) groups is 1. The SMILES string of the molecule is Cc1ccc(Cn2nc(C)c(C(=O)NN3CCN(C)CC3)c2C)cc1. The molecule has 3 rings (SSSR count). The van der Waals surface area contributed by atoms with Gasteiger partial charge in [-0.05, 0) is 33.4 Å². The molecule has 1 fully saturated rings. The third kappa shape index (κ3) is 4.08. The van der Waals surface area contributed by atoms with E-state index in [1.807, 2.05) is 23.5 Å². The molecule has 134 valence electrons. The third-order valence-corrected chi connectivity index (χ3v) is 4.82. The van der Waals surface area contributed by atoms with Crippen LogP contribution in [0.15, 0.2) is 24.3 Å². The highest BCUT2D eigenvalue weighted by molar-refractivity contribution is 5.96. The number of aromatic nitrogens is 2. The zero-order chi connectivity index (χ0) is 18.0. The molecule has 6 nitrogen and oxygen atoms in total. The standard InChI is InChI=1S/C19H27N5O/c1-14-5-7-17(8-6-14)13-24-16(3)18(15(2)20-24)19(25)21-23-11-9-22(4)10-12-23/h5-8H,9-13H2,1-4H3,(H,21,25). The molecule has 6 heteroatoms. The maximum atomic E-state index is 12.7. The molecule has 0 unspecified atom stereocenters. The Morgan fingerprint density at radius 2 is 1.72 bits per heavy atom. The van der Waals surface area contributed by atoms with Crippen molar-refractivity contribution < 1.29 is 4.79 Å². The lowest BCUT2D eigenvalue weighted by Gasteiger charge is -2.32. The van der Waals surface area contributed by atoms with Crippen molar-refractivity contribution in [2.24, 2.45) is 0 Å². The van der Waals surface area contributed by atoms with Gasteiger partial charge in [-0.3, -0.25) is 14.9 Å². The van der Waals surface area contributed by atoms with Crippen LogP contribution >= 0.6 is 0 Å². The number of piperazine rings is 1. The van der Waals surface area contributed by atoms with E-state index in [2.05, 4.69) is 53.7 Å². The Hall–Kier alpha value is -2.18. The third-order valence-electron chi connectivity index (χ3n) is 4.82. The summed E-state index contributed by atoms with van der Waals surface area (Å²) in [6.45, 7) is 10.2. The molecule has 0 saturated carbocycles. The topological polar surface area (TPSA) is 53.4 Å². The van der Waals surface area contributed by atoms with Crippen molar-refractivity contribution in [2.45, 2.75) is 27.3 Å². The van der Waals surface area contributed by atoms with Gasteiger partial charge in [-0.15, -0.1) is 0 Å². The molecular weight excluding hydrogens is 314 g/mol. The molecule has 2 aromatic rings. The largest absolute Gasteiger partial charge is 0.304 e. The summed E-state index contributed by atoms with van der Waals surface area (Å²) in [6.07, 6.45) is 0. The Morgan fingerprint density at radius 1 is 1.08 bits per heavy atom. The molecule has 0 bridgehead atoms. The number of hydrazine groups is 1. The molecular formula is C19H27N5O. The summed E-state index contributed by atoms with van der Waals surface area (Å²) in [5.41, 5.74) is 7.83. The number of benzene rings is 1. The van der Waals surface area contributed by atoms with Crippen LogP contribution < -0.4 is 5.43 Å². The maximum absolute atomic E-state index is 12.7. The van der Waals surface area contributed by atoms with Crippen molar-refractivity contribution in [3.63, 3.8) is 0 Å². The van der Waals surface area contributed by atoms with Crippen LogP contribution in [0.3, 0.4) is 0 Å². The van der Waals surface area contributed by atoms with E-state index in [4.69, 9.17) is 0 Å². The number of carbonyl (C=O) groups excluding carboxylic acids is 1. The van der Waals surface area contributed by atoms with E-state index in [1.165, 1.54) is 11.1 Å². The predicted molar refractivity (Wildman–Crippen MR) is 98.5 cm³/mol. The highest BCUT2D eigenvalue weighted by Gasteiger charge is 2.22. The lowest BCUT2D eigenvalue weighted by atomic mass is 10.1. The molecule has 1 aliphatic heterocycles. The van der Waals surface area contributed by atoms with E-state index in [0.29, 0.717) is 12.1 Å². The lowest BCUT2D eigenvalue weighted by molar-refractivity contribution is 0.0661. The minimum atomic E-state index is -0.0605. The number of aryl methyl sites for hydroxylation is 2. The van der Waals surface area contributed by atoms with Gasteiger partial charge in [0.05, 0.1) is 17.8 Å². The fourth-order valence-corrected chi connectivity index (χ4v) is 3.16. The molecule has 1 saturated heterocycles. The van der Waals surface area contributed by atoms with Gasteiger partial charge in [0.15, 0.2) is 0 Å². The van der Waals surface area contributed by atoms with Crippen molar-refractivity contribution in [2.75, 3.05) is 33.2 Å². The second-order valence-electron chi connectivity index (χ2n) is 6.92. The summed E-state index contributed by atoms with van der Waals surface area (Å²) in [5, 5.41) is 6.58. The number of likely N-dealkylation sites (N-methyl/N-ethyl adjacent to an activating group) is 1. The molecule has 0 atom stereocenters. The van der Waals surface area contributed by atoms with E-state index in [9.17, 15) is 4.79 Å². The molecule has 25 heavy (non-hydrogen) atoms. The summed E-state index contributed by atoms with van der Waals surface area (Å²) < 4.78 is 1.92. The number of nitrogens with zero attached hydrogens (tertiary/aromatic N) is 4. The molecule has 1 aliphatic rings. The van der Waals surface area contributed by atoms with Crippen LogP contribution in [0.25, 0.3) is 0 Å². The molecule has 1 aromatic carbocycles. The summed E-state index contributed by atoms with van der Waals surface area (Å²) in [4.78, 5) is 15.0. The Balaban J connectivity index is 1.72. The number of hydrogen-bond donors (Lipinski definition) is 1. The quantitative estimate of drug-likeness (QED) is 0.921. The summed E-state index contributed by atoms with van der Waals surface area (Å²) in [6, 6.07) is 8.41. The van der Waals surface area contributed by atoms with Crippen LogP contribution in [0.4, 0.5) is 0 Å². The number of rotatable bonds is 4. The average Bonchev–Trinajstić information content (AvgIpc) is 2.85. The van der Waals surface area contributed by atoms with Crippen LogP contribution in [0.5, 0.6) is 0 Å². The molecule has 0 spiro atoms. The van der Waals surface area contributed by atoms with E-state index in [-0.39, 0.29) is 5.91 Å². The Morgan fingerprint density at radius 3 is 2.36 bits per heavy atom. The Bertz CT molecular complexity index is 742. The van der Waals surface area contributed by atoms with Crippen molar-refractivity contribution in [1.29, 1.82) is 0 Å². The number of amides is 1. The second-order valence-corrected chi connectivity index (χ2v) is 6.92. The van der Waals surface area contributed by atoms with Crippen LogP contribution in [0.1, 0.15) is 32.9 Å². The molecule has 1 aromatic heterocycles. The summed E-state index contributed by atoms with van der Waals surface area (Å²) in [5.74, 6) is -0.0605. The van der Waals surface area contributed by atoms with Crippen molar-refractivity contribution in [3.8, 4) is 0 Å². The van der Waals surface area contributed by atoms with E-state index < -0.39 is 0 Å². The first-order chi connectivity index (χ1) is 11.9. The van der Waals surface area contributed by atoms with E-state index >= 15 is 0 Å². The summed E-state index contributed by atoms with van der Waals surface area (Å²) >= 11 is 0. The molecule has 2 heterocycles. The van der Waals surface area contributed by atoms with E-state index in [0.717, 1.165) is 37.6 Å². The van der Waals surface area contributed by atoms with Crippen molar-refractivity contribution in [3.05, 3.63) is 52.3 Å². The molecule has 1 N–H and O–H groups in total. The van der Waals surface area contributed by atoms with Crippen molar-refractivity contribution >= 4 is 5.91 Å². The van der Waals surface area contributed by atoms with Gasteiger partial charge in [0, 0.05) is 31.9 Å². The highest BCUT2D eigenvalue weighted by Crippen LogP contribution is 2.15. The Kier molecular flexibility index (Phi) is 5.20. The second kappa shape index (κ2) is 7.37.